The second-order valence-electron chi connectivity index (χ2n) is 8.04. The minimum atomic E-state index is 0. The van der Waals surface area contributed by atoms with Crippen LogP contribution in [-0.2, 0) is 11.3 Å². The Kier molecular flexibility index (Phi) is 10.6. The highest BCUT2D eigenvalue weighted by molar-refractivity contribution is 14.0. The van der Waals surface area contributed by atoms with Crippen molar-refractivity contribution in [1.82, 2.24) is 15.6 Å². The third kappa shape index (κ3) is 7.17. The lowest BCUT2D eigenvalue weighted by atomic mass is 9.91. The van der Waals surface area contributed by atoms with E-state index in [0.29, 0.717) is 6.54 Å². The Bertz CT molecular complexity index is 970. The number of guanidine groups is 1. The highest BCUT2D eigenvalue weighted by Crippen LogP contribution is 2.24. The van der Waals surface area contributed by atoms with Crippen molar-refractivity contribution in [3.05, 3.63) is 95.7 Å². The number of aromatic nitrogens is 1. The van der Waals surface area contributed by atoms with E-state index >= 15 is 0 Å². The van der Waals surface area contributed by atoms with Gasteiger partial charge in [0.1, 0.15) is 5.82 Å². The molecule has 1 aliphatic heterocycles. The molecule has 4 rings (SSSR count). The van der Waals surface area contributed by atoms with Crippen LogP contribution in [0.2, 0.25) is 0 Å². The lowest BCUT2D eigenvalue weighted by molar-refractivity contribution is 0.122. The molecule has 1 aromatic heterocycles. The van der Waals surface area contributed by atoms with Crippen LogP contribution < -0.4 is 15.5 Å². The zero-order chi connectivity index (χ0) is 22.7. The molecule has 0 saturated carbocycles. The van der Waals surface area contributed by atoms with Crippen LogP contribution in [0.5, 0.6) is 0 Å². The van der Waals surface area contributed by atoms with E-state index in [-0.39, 0.29) is 29.9 Å². The Hall–Kier alpha value is -2.65. The molecular formula is C27H34IN5O. The molecule has 0 spiro atoms. The molecule has 1 fully saturated rings. The van der Waals surface area contributed by atoms with Crippen LogP contribution >= 0.6 is 24.0 Å². The summed E-state index contributed by atoms with van der Waals surface area (Å²) >= 11 is 0. The number of rotatable bonds is 8. The SMILES string of the molecule is CCNC(=NCc1cccnc1N1CCOCC1)NCC(c1ccccc1)c1ccccc1.I. The van der Waals surface area contributed by atoms with Gasteiger partial charge in [-0.2, -0.15) is 0 Å². The Labute approximate surface area is 219 Å². The molecule has 3 aromatic rings. The maximum atomic E-state index is 5.50. The van der Waals surface area contributed by atoms with Gasteiger partial charge in [-0.25, -0.2) is 9.98 Å². The lowest BCUT2D eigenvalue weighted by Crippen LogP contribution is -2.39. The first-order valence-corrected chi connectivity index (χ1v) is 11.7. The first-order valence-electron chi connectivity index (χ1n) is 11.7. The summed E-state index contributed by atoms with van der Waals surface area (Å²) in [7, 11) is 0. The van der Waals surface area contributed by atoms with Gasteiger partial charge in [-0.05, 0) is 24.1 Å². The molecule has 34 heavy (non-hydrogen) atoms. The van der Waals surface area contributed by atoms with Crippen molar-refractivity contribution in [3.8, 4) is 0 Å². The van der Waals surface area contributed by atoms with Gasteiger partial charge in [0, 0.05) is 43.9 Å². The van der Waals surface area contributed by atoms with Crippen LogP contribution in [-0.4, -0.2) is 50.3 Å². The summed E-state index contributed by atoms with van der Waals surface area (Å²) in [4.78, 5) is 11.8. The first-order chi connectivity index (χ1) is 16.3. The number of benzene rings is 2. The van der Waals surface area contributed by atoms with E-state index in [1.165, 1.54) is 11.1 Å². The fourth-order valence-electron chi connectivity index (χ4n) is 4.12. The van der Waals surface area contributed by atoms with Crippen LogP contribution in [0.15, 0.2) is 84.0 Å². The summed E-state index contributed by atoms with van der Waals surface area (Å²) in [5.74, 6) is 2.05. The zero-order valence-corrected chi connectivity index (χ0v) is 22.0. The van der Waals surface area contributed by atoms with E-state index in [1.807, 2.05) is 12.3 Å². The summed E-state index contributed by atoms with van der Waals surface area (Å²) in [6.07, 6.45) is 1.85. The third-order valence-corrected chi connectivity index (χ3v) is 5.81. The predicted octanol–water partition coefficient (Wildman–Crippen LogP) is 4.42. The summed E-state index contributed by atoms with van der Waals surface area (Å²) in [5.41, 5.74) is 3.70. The van der Waals surface area contributed by atoms with E-state index < -0.39 is 0 Å². The molecule has 0 bridgehead atoms. The number of aliphatic imine (C=N–C) groups is 1. The number of halogens is 1. The van der Waals surface area contributed by atoms with Crippen LogP contribution in [0.4, 0.5) is 5.82 Å². The fourth-order valence-corrected chi connectivity index (χ4v) is 4.12. The average molecular weight is 572 g/mol. The van der Waals surface area contributed by atoms with Crippen molar-refractivity contribution in [1.29, 1.82) is 0 Å². The molecule has 0 aliphatic carbocycles. The predicted molar refractivity (Wildman–Crippen MR) is 150 cm³/mol. The quantitative estimate of drug-likeness (QED) is 0.238. The molecule has 180 valence electrons. The molecule has 0 amide bonds. The van der Waals surface area contributed by atoms with Gasteiger partial charge in [-0.1, -0.05) is 66.7 Å². The molecule has 0 unspecified atom stereocenters. The summed E-state index contributed by atoms with van der Waals surface area (Å²) < 4.78 is 5.50. The Balaban J connectivity index is 0.00000324. The van der Waals surface area contributed by atoms with Crippen LogP contribution in [0.25, 0.3) is 0 Å². The van der Waals surface area contributed by atoms with Gasteiger partial charge >= 0.3 is 0 Å². The Morgan fingerprint density at radius 2 is 1.59 bits per heavy atom. The molecular weight excluding hydrogens is 537 g/mol. The normalized spacial score (nSPS) is 13.9. The monoisotopic (exact) mass is 571 g/mol. The Morgan fingerprint density at radius 3 is 2.21 bits per heavy atom. The number of anilines is 1. The number of hydrogen-bond acceptors (Lipinski definition) is 4. The first kappa shape index (κ1) is 26.0. The minimum Gasteiger partial charge on any atom is -0.378 e. The van der Waals surface area contributed by atoms with Crippen molar-refractivity contribution < 1.29 is 4.74 Å². The standard InChI is InChI=1S/C27H33N5O.HI/c1-2-28-27(30-20-24-14-9-15-29-26(24)32-16-18-33-19-17-32)31-21-25(22-10-5-3-6-11-22)23-12-7-4-8-13-23;/h3-15,25H,2,16-21H2,1H3,(H2,28,30,31);1H. The van der Waals surface area contributed by atoms with E-state index in [1.54, 1.807) is 0 Å². The third-order valence-electron chi connectivity index (χ3n) is 5.81. The number of morpholine rings is 1. The topological polar surface area (TPSA) is 61.8 Å². The summed E-state index contributed by atoms with van der Waals surface area (Å²) in [5, 5.41) is 6.97. The van der Waals surface area contributed by atoms with Crippen molar-refractivity contribution >= 4 is 35.8 Å². The van der Waals surface area contributed by atoms with Gasteiger partial charge in [0.2, 0.25) is 0 Å². The number of nitrogens with zero attached hydrogens (tertiary/aromatic N) is 3. The van der Waals surface area contributed by atoms with Crippen LogP contribution in [0.3, 0.4) is 0 Å². The molecule has 6 nitrogen and oxygen atoms in total. The number of hydrogen-bond donors (Lipinski definition) is 2. The van der Waals surface area contributed by atoms with Crippen molar-refractivity contribution in [2.75, 3.05) is 44.3 Å². The molecule has 0 atom stereocenters. The van der Waals surface area contributed by atoms with Crippen molar-refractivity contribution in [2.45, 2.75) is 19.4 Å². The molecule has 0 radical (unpaired) electrons. The Morgan fingerprint density at radius 1 is 0.941 bits per heavy atom. The molecule has 1 aliphatic rings. The maximum absolute atomic E-state index is 5.50. The summed E-state index contributed by atoms with van der Waals surface area (Å²) in [6, 6.07) is 25.4. The lowest BCUT2D eigenvalue weighted by Gasteiger charge is -2.29. The van der Waals surface area contributed by atoms with Gasteiger partial charge in [0.15, 0.2) is 5.96 Å². The number of ether oxygens (including phenoxy) is 1. The molecule has 7 heteroatoms. The fraction of sp³-hybridized carbons (Fsp3) is 0.333. The van der Waals surface area contributed by atoms with E-state index in [0.717, 1.165) is 56.7 Å². The second kappa shape index (κ2) is 13.9. The van der Waals surface area contributed by atoms with Crippen molar-refractivity contribution in [3.63, 3.8) is 0 Å². The second-order valence-corrected chi connectivity index (χ2v) is 8.04. The van der Waals surface area contributed by atoms with Gasteiger partial charge in [-0.15, -0.1) is 24.0 Å². The largest absolute Gasteiger partial charge is 0.378 e. The van der Waals surface area contributed by atoms with Gasteiger partial charge in [0.25, 0.3) is 0 Å². The van der Waals surface area contributed by atoms with Gasteiger partial charge in [-0.3, -0.25) is 0 Å². The molecule has 2 N–H and O–H groups in total. The maximum Gasteiger partial charge on any atom is 0.191 e. The average Bonchev–Trinajstić information content (AvgIpc) is 2.89. The van der Waals surface area contributed by atoms with E-state index in [2.05, 4.69) is 94.2 Å². The number of nitrogens with one attached hydrogen (secondary N) is 2. The van der Waals surface area contributed by atoms with Gasteiger partial charge < -0.3 is 20.3 Å². The molecule has 2 aromatic carbocycles. The highest BCUT2D eigenvalue weighted by Gasteiger charge is 2.17. The summed E-state index contributed by atoms with van der Waals surface area (Å²) in [6.45, 7) is 7.42. The molecule has 1 saturated heterocycles. The van der Waals surface area contributed by atoms with E-state index in [4.69, 9.17) is 9.73 Å². The van der Waals surface area contributed by atoms with Gasteiger partial charge in [0.05, 0.1) is 19.8 Å². The highest BCUT2D eigenvalue weighted by atomic mass is 127. The van der Waals surface area contributed by atoms with E-state index in [9.17, 15) is 0 Å². The van der Waals surface area contributed by atoms with Crippen LogP contribution in [0.1, 0.15) is 29.5 Å². The smallest absolute Gasteiger partial charge is 0.191 e. The van der Waals surface area contributed by atoms with Crippen molar-refractivity contribution in [2.24, 2.45) is 4.99 Å². The number of pyridine rings is 1. The zero-order valence-electron chi connectivity index (χ0n) is 19.7. The van der Waals surface area contributed by atoms with Crippen LogP contribution in [0, 0.1) is 0 Å². The molecule has 2 heterocycles. The minimum absolute atomic E-state index is 0.